The van der Waals surface area contributed by atoms with Crippen molar-refractivity contribution in [1.82, 2.24) is 5.32 Å². The first kappa shape index (κ1) is 31.2. The van der Waals surface area contributed by atoms with Crippen molar-refractivity contribution in [2.75, 3.05) is 39.0 Å². The van der Waals surface area contributed by atoms with Gasteiger partial charge in [-0.05, 0) is 105 Å². The lowest BCUT2D eigenvalue weighted by atomic mass is 9.79. The maximum atomic E-state index is 11.9. The van der Waals surface area contributed by atoms with E-state index in [1.54, 1.807) is 14.2 Å². The SMILES string of the molecule is CCN(Cc1ccc(CCNC(=O)OC(C)(C)C)cc1)c1cc(OC)ccc1C1CCc2cc(OCOC)ccc2C1. The molecule has 0 fully saturated rings. The molecule has 0 heterocycles. The number of alkyl carbamates (subject to hydrolysis) is 1. The van der Waals surface area contributed by atoms with E-state index in [0.29, 0.717) is 12.5 Å². The maximum absolute atomic E-state index is 11.9. The van der Waals surface area contributed by atoms with Crippen LogP contribution in [0.15, 0.2) is 60.7 Å². The lowest BCUT2D eigenvalue weighted by molar-refractivity contribution is 0.0509. The number of amides is 1. The van der Waals surface area contributed by atoms with Crippen molar-refractivity contribution in [2.45, 2.75) is 71.4 Å². The molecule has 0 aromatic heterocycles. The van der Waals surface area contributed by atoms with Crippen molar-refractivity contribution in [3.63, 3.8) is 0 Å². The van der Waals surface area contributed by atoms with Crippen molar-refractivity contribution < 1.29 is 23.7 Å². The summed E-state index contributed by atoms with van der Waals surface area (Å²) < 4.78 is 21.7. The average molecular weight is 575 g/mol. The summed E-state index contributed by atoms with van der Waals surface area (Å²) in [5.41, 5.74) is 7.28. The molecule has 3 aromatic rings. The lowest BCUT2D eigenvalue weighted by Crippen LogP contribution is -2.33. The number of nitrogens with zero attached hydrogens (tertiary/aromatic N) is 1. The van der Waals surface area contributed by atoms with Gasteiger partial charge in [0.05, 0.1) is 7.11 Å². The second-order valence-corrected chi connectivity index (χ2v) is 11.9. The van der Waals surface area contributed by atoms with E-state index in [1.165, 1.54) is 33.5 Å². The molecule has 0 spiro atoms. The first-order valence-electron chi connectivity index (χ1n) is 14.9. The number of carbonyl (C=O) groups is 1. The summed E-state index contributed by atoms with van der Waals surface area (Å²) in [6.07, 6.45) is 3.48. The molecule has 7 heteroatoms. The molecule has 1 aliphatic rings. The number of aryl methyl sites for hydroxylation is 1. The molecule has 0 saturated heterocycles. The number of ether oxygens (including phenoxy) is 4. The molecular weight excluding hydrogens is 528 g/mol. The minimum atomic E-state index is -0.495. The van der Waals surface area contributed by atoms with Gasteiger partial charge < -0.3 is 29.2 Å². The summed E-state index contributed by atoms with van der Waals surface area (Å²) >= 11 is 0. The number of hydrogen-bond acceptors (Lipinski definition) is 6. The summed E-state index contributed by atoms with van der Waals surface area (Å²) in [5, 5.41) is 2.84. The molecule has 1 unspecified atom stereocenters. The highest BCUT2D eigenvalue weighted by Gasteiger charge is 2.25. The van der Waals surface area contributed by atoms with Gasteiger partial charge in [0.2, 0.25) is 0 Å². The van der Waals surface area contributed by atoms with Gasteiger partial charge in [-0.15, -0.1) is 0 Å². The molecule has 0 saturated carbocycles. The van der Waals surface area contributed by atoms with Crippen LogP contribution in [-0.2, 0) is 35.3 Å². The van der Waals surface area contributed by atoms with Crippen LogP contribution in [0.1, 0.15) is 67.9 Å². The van der Waals surface area contributed by atoms with Crippen LogP contribution in [0.2, 0.25) is 0 Å². The first-order valence-corrected chi connectivity index (χ1v) is 14.9. The largest absolute Gasteiger partial charge is 0.497 e. The second-order valence-electron chi connectivity index (χ2n) is 11.9. The fraction of sp³-hybridized carbons (Fsp3) is 0.457. The fourth-order valence-corrected chi connectivity index (χ4v) is 5.51. The van der Waals surface area contributed by atoms with Crippen LogP contribution >= 0.6 is 0 Å². The molecule has 1 N–H and O–H groups in total. The van der Waals surface area contributed by atoms with Crippen LogP contribution in [0.4, 0.5) is 10.5 Å². The van der Waals surface area contributed by atoms with Gasteiger partial charge in [0, 0.05) is 38.5 Å². The molecular formula is C35H46N2O5. The first-order chi connectivity index (χ1) is 20.2. The predicted octanol–water partition coefficient (Wildman–Crippen LogP) is 7.04. The summed E-state index contributed by atoms with van der Waals surface area (Å²) in [6.45, 7) is 10.3. The van der Waals surface area contributed by atoms with Crippen LogP contribution in [0.5, 0.6) is 11.5 Å². The van der Waals surface area contributed by atoms with E-state index in [1.807, 2.05) is 26.8 Å². The van der Waals surface area contributed by atoms with E-state index >= 15 is 0 Å². The predicted molar refractivity (Wildman–Crippen MR) is 168 cm³/mol. The summed E-state index contributed by atoms with van der Waals surface area (Å²) in [6, 6.07) is 21.6. The summed E-state index contributed by atoms with van der Waals surface area (Å²) in [7, 11) is 3.37. The van der Waals surface area contributed by atoms with Crippen LogP contribution in [-0.4, -0.2) is 45.8 Å². The molecule has 1 atom stereocenters. The number of anilines is 1. The number of hydrogen-bond donors (Lipinski definition) is 1. The molecule has 0 radical (unpaired) electrons. The van der Waals surface area contributed by atoms with E-state index in [4.69, 9.17) is 18.9 Å². The Hall–Kier alpha value is -3.71. The molecule has 0 bridgehead atoms. The van der Waals surface area contributed by atoms with Crippen LogP contribution in [0.25, 0.3) is 0 Å². The number of benzene rings is 3. The Kier molecular flexibility index (Phi) is 10.7. The highest BCUT2D eigenvalue weighted by Crippen LogP contribution is 2.40. The summed E-state index contributed by atoms with van der Waals surface area (Å²) in [5.74, 6) is 2.16. The van der Waals surface area contributed by atoms with E-state index in [-0.39, 0.29) is 12.9 Å². The Balaban J connectivity index is 1.44. The van der Waals surface area contributed by atoms with Gasteiger partial charge in [-0.2, -0.15) is 0 Å². The van der Waals surface area contributed by atoms with Gasteiger partial charge >= 0.3 is 6.09 Å². The standard InChI is InChI=1S/C35H46N2O5/c1-7-37(23-26-10-8-25(9-11-26)18-19-36-34(38)42-35(2,3)4)33-22-30(40-6)16-17-32(33)29-13-12-28-21-31(41-24-39-5)15-14-27(28)20-29/h8-11,14-17,21-22,29H,7,12-13,18-20,23-24H2,1-6H3,(H,36,38). The minimum absolute atomic E-state index is 0.261. The van der Waals surface area contributed by atoms with Crippen LogP contribution in [0, 0.1) is 0 Å². The number of nitrogens with one attached hydrogen (secondary N) is 1. The third kappa shape index (κ3) is 8.65. The van der Waals surface area contributed by atoms with Crippen LogP contribution in [0.3, 0.4) is 0 Å². The number of carbonyl (C=O) groups excluding carboxylic acids is 1. The normalized spacial score (nSPS) is 14.6. The molecule has 3 aromatic carbocycles. The Morgan fingerprint density at radius 1 is 0.952 bits per heavy atom. The Bertz CT molecular complexity index is 1320. The highest BCUT2D eigenvalue weighted by atomic mass is 16.7. The molecule has 7 nitrogen and oxygen atoms in total. The second kappa shape index (κ2) is 14.5. The highest BCUT2D eigenvalue weighted by molar-refractivity contribution is 5.67. The quantitative estimate of drug-likeness (QED) is 0.234. The van der Waals surface area contributed by atoms with Gasteiger partial charge in [-0.1, -0.05) is 36.4 Å². The third-order valence-corrected chi connectivity index (χ3v) is 7.63. The zero-order valence-corrected chi connectivity index (χ0v) is 26.0. The van der Waals surface area contributed by atoms with Gasteiger partial charge in [0.1, 0.15) is 17.1 Å². The smallest absolute Gasteiger partial charge is 0.407 e. The van der Waals surface area contributed by atoms with Gasteiger partial charge in [-0.25, -0.2) is 4.79 Å². The van der Waals surface area contributed by atoms with Crippen molar-refractivity contribution in [3.05, 3.63) is 88.5 Å². The summed E-state index contributed by atoms with van der Waals surface area (Å²) in [4.78, 5) is 14.4. The molecule has 4 rings (SSSR count). The molecule has 42 heavy (non-hydrogen) atoms. The van der Waals surface area contributed by atoms with Crippen molar-refractivity contribution in [2.24, 2.45) is 0 Å². The van der Waals surface area contributed by atoms with E-state index in [0.717, 1.165) is 50.3 Å². The van der Waals surface area contributed by atoms with Gasteiger partial charge in [0.25, 0.3) is 0 Å². The number of fused-ring (bicyclic) bond motifs is 1. The van der Waals surface area contributed by atoms with E-state index in [9.17, 15) is 4.79 Å². The Morgan fingerprint density at radius 2 is 1.69 bits per heavy atom. The van der Waals surface area contributed by atoms with Crippen molar-refractivity contribution >= 4 is 11.8 Å². The van der Waals surface area contributed by atoms with Crippen molar-refractivity contribution in [3.8, 4) is 11.5 Å². The third-order valence-electron chi connectivity index (χ3n) is 7.63. The van der Waals surface area contributed by atoms with Crippen LogP contribution < -0.4 is 19.7 Å². The molecule has 226 valence electrons. The van der Waals surface area contributed by atoms with Crippen molar-refractivity contribution in [1.29, 1.82) is 0 Å². The monoisotopic (exact) mass is 574 g/mol. The Labute approximate surface area is 251 Å². The van der Waals surface area contributed by atoms with Gasteiger partial charge in [-0.3, -0.25) is 0 Å². The average Bonchev–Trinajstić information content (AvgIpc) is 2.98. The molecule has 1 aliphatic carbocycles. The lowest BCUT2D eigenvalue weighted by Gasteiger charge is -2.32. The number of rotatable bonds is 12. The van der Waals surface area contributed by atoms with E-state index in [2.05, 4.69) is 71.7 Å². The fourth-order valence-electron chi connectivity index (χ4n) is 5.51. The Morgan fingerprint density at radius 3 is 2.38 bits per heavy atom. The van der Waals surface area contributed by atoms with Gasteiger partial charge in [0.15, 0.2) is 6.79 Å². The minimum Gasteiger partial charge on any atom is -0.497 e. The topological polar surface area (TPSA) is 69.3 Å². The molecule has 0 aliphatic heterocycles. The number of methoxy groups -OCH3 is 2. The zero-order chi connectivity index (χ0) is 30.1. The molecule has 1 amide bonds. The van der Waals surface area contributed by atoms with E-state index < -0.39 is 5.60 Å². The zero-order valence-electron chi connectivity index (χ0n) is 26.0. The maximum Gasteiger partial charge on any atom is 0.407 e.